The van der Waals surface area contributed by atoms with Gasteiger partial charge >= 0.3 is 0 Å². The molecule has 1 atom stereocenters. The summed E-state index contributed by atoms with van der Waals surface area (Å²) in [6.07, 6.45) is 0.661. The van der Waals surface area contributed by atoms with Gasteiger partial charge in [0.25, 0.3) is 0 Å². The van der Waals surface area contributed by atoms with Crippen molar-refractivity contribution in [2.45, 2.75) is 18.8 Å². The molecule has 1 aliphatic carbocycles. The molecule has 5 nitrogen and oxygen atoms in total. The summed E-state index contributed by atoms with van der Waals surface area (Å²) in [5, 5.41) is 23.4. The van der Waals surface area contributed by atoms with Gasteiger partial charge in [-0.3, -0.25) is 4.79 Å². The van der Waals surface area contributed by atoms with Crippen molar-refractivity contribution in [3.8, 4) is 0 Å². The molecule has 0 aromatic heterocycles. The number of ketones is 1. The fraction of sp³-hybridized carbons (Fsp3) is 0.250. The molecule has 0 amide bonds. The van der Waals surface area contributed by atoms with E-state index in [0.29, 0.717) is 6.42 Å². The third-order valence-electron chi connectivity index (χ3n) is 2.90. The lowest BCUT2D eigenvalue weighted by Crippen LogP contribution is -2.33. The van der Waals surface area contributed by atoms with E-state index in [-0.39, 0.29) is 29.5 Å². The summed E-state index contributed by atoms with van der Waals surface area (Å²) < 4.78 is 0. The number of hydrogen-bond acceptors (Lipinski definition) is 5. The molecule has 1 saturated carbocycles. The van der Waals surface area contributed by atoms with Crippen molar-refractivity contribution in [2.24, 2.45) is 10.3 Å². The fourth-order valence-corrected chi connectivity index (χ4v) is 2.05. The Morgan fingerprint density at radius 1 is 1.06 bits per heavy atom. The minimum Gasteiger partial charge on any atom is -0.411 e. The van der Waals surface area contributed by atoms with Crippen LogP contribution in [0.1, 0.15) is 24.3 Å². The van der Waals surface area contributed by atoms with Gasteiger partial charge in [-0.2, -0.15) is 0 Å². The Hall–Kier alpha value is -2.17. The van der Waals surface area contributed by atoms with Gasteiger partial charge in [0.1, 0.15) is 5.71 Å². The van der Waals surface area contributed by atoms with E-state index in [1.807, 2.05) is 30.3 Å². The monoisotopic (exact) mass is 232 g/mol. The van der Waals surface area contributed by atoms with Gasteiger partial charge in [-0.25, -0.2) is 0 Å². The SMILES string of the molecule is O=C1CC(c2ccccc2)CC(=N\O)/C1=N/O. The molecule has 5 heteroatoms. The first-order valence-electron chi connectivity index (χ1n) is 5.27. The highest BCUT2D eigenvalue weighted by atomic mass is 16.4. The minimum atomic E-state index is -0.305. The maximum absolute atomic E-state index is 11.7. The first-order chi connectivity index (χ1) is 8.26. The van der Waals surface area contributed by atoms with E-state index in [2.05, 4.69) is 10.3 Å². The van der Waals surface area contributed by atoms with Gasteiger partial charge in [0.05, 0.1) is 0 Å². The summed E-state index contributed by atoms with van der Waals surface area (Å²) >= 11 is 0. The molecule has 0 aliphatic heterocycles. The van der Waals surface area contributed by atoms with Crippen LogP contribution < -0.4 is 0 Å². The highest BCUT2D eigenvalue weighted by Crippen LogP contribution is 2.28. The zero-order valence-corrected chi connectivity index (χ0v) is 9.08. The van der Waals surface area contributed by atoms with Crippen molar-refractivity contribution in [1.29, 1.82) is 0 Å². The molecule has 1 unspecified atom stereocenters. The van der Waals surface area contributed by atoms with Gasteiger partial charge in [0.15, 0.2) is 11.5 Å². The summed E-state index contributed by atoms with van der Waals surface area (Å²) in [5.74, 6) is -0.333. The van der Waals surface area contributed by atoms with Crippen LogP contribution in [0.5, 0.6) is 0 Å². The first kappa shape index (κ1) is 11.3. The van der Waals surface area contributed by atoms with E-state index >= 15 is 0 Å². The van der Waals surface area contributed by atoms with E-state index in [9.17, 15) is 4.79 Å². The summed E-state index contributed by atoms with van der Waals surface area (Å²) in [6, 6.07) is 9.54. The van der Waals surface area contributed by atoms with E-state index in [0.717, 1.165) is 5.56 Å². The molecule has 1 aromatic carbocycles. The second-order valence-electron chi connectivity index (χ2n) is 3.93. The van der Waals surface area contributed by atoms with Crippen LogP contribution in [0.4, 0.5) is 0 Å². The van der Waals surface area contributed by atoms with Crippen molar-refractivity contribution in [3.63, 3.8) is 0 Å². The minimum absolute atomic E-state index is 0.0277. The first-order valence-corrected chi connectivity index (χ1v) is 5.27. The number of hydrogen-bond donors (Lipinski definition) is 2. The Labute approximate surface area is 98.1 Å². The normalized spacial score (nSPS) is 25.4. The molecule has 0 spiro atoms. The largest absolute Gasteiger partial charge is 0.411 e. The average Bonchev–Trinajstić information content (AvgIpc) is 2.38. The van der Waals surface area contributed by atoms with Gasteiger partial charge in [-0.15, -0.1) is 0 Å². The zero-order valence-electron chi connectivity index (χ0n) is 9.08. The van der Waals surface area contributed by atoms with Crippen molar-refractivity contribution in [2.75, 3.05) is 0 Å². The lowest BCUT2D eigenvalue weighted by molar-refractivity contribution is -0.113. The summed E-state index contributed by atoms with van der Waals surface area (Å²) in [6.45, 7) is 0. The standard InChI is InChI=1S/C12H12N2O3/c15-11-7-9(8-4-2-1-3-5-8)6-10(13-16)12(11)14-17/h1-5,9,16-17H,6-7H2/b13-10+,14-12-. The molecule has 0 bridgehead atoms. The summed E-state index contributed by atoms with van der Waals surface area (Å²) in [5.41, 5.74) is 1.01. The smallest absolute Gasteiger partial charge is 0.187 e. The van der Waals surface area contributed by atoms with E-state index in [1.54, 1.807) is 0 Å². The Bertz CT molecular complexity index is 480. The molecule has 0 saturated heterocycles. The third kappa shape index (κ3) is 2.18. The maximum atomic E-state index is 11.7. The average molecular weight is 232 g/mol. The van der Waals surface area contributed by atoms with Crippen LogP contribution in [0.2, 0.25) is 0 Å². The lowest BCUT2D eigenvalue weighted by Gasteiger charge is -2.22. The number of rotatable bonds is 1. The number of oxime groups is 2. The second-order valence-corrected chi connectivity index (χ2v) is 3.93. The van der Waals surface area contributed by atoms with Crippen LogP contribution in [0.15, 0.2) is 40.6 Å². The predicted molar refractivity (Wildman–Crippen MR) is 61.9 cm³/mol. The topological polar surface area (TPSA) is 82.2 Å². The Morgan fingerprint density at radius 2 is 1.76 bits per heavy atom. The Kier molecular flexibility index (Phi) is 3.18. The quantitative estimate of drug-likeness (QED) is 0.572. The molecule has 1 aliphatic rings. The molecule has 1 aromatic rings. The second kappa shape index (κ2) is 4.78. The van der Waals surface area contributed by atoms with Crippen LogP contribution in [0.25, 0.3) is 0 Å². The molecular weight excluding hydrogens is 220 g/mol. The van der Waals surface area contributed by atoms with Crippen LogP contribution in [0.3, 0.4) is 0 Å². The zero-order chi connectivity index (χ0) is 12.3. The van der Waals surface area contributed by atoms with E-state index in [1.165, 1.54) is 0 Å². The summed E-state index contributed by atoms with van der Waals surface area (Å²) in [7, 11) is 0. The highest BCUT2D eigenvalue weighted by molar-refractivity contribution is 6.68. The highest BCUT2D eigenvalue weighted by Gasteiger charge is 2.32. The fourth-order valence-electron chi connectivity index (χ4n) is 2.05. The van der Waals surface area contributed by atoms with Crippen LogP contribution >= 0.6 is 0 Å². The Morgan fingerprint density at radius 3 is 2.35 bits per heavy atom. The van der Waals surface area contributed by atoms with Gasteiger partial charge < -0.3 is 10.4 Å². The van der Waals surface area contributed by atoms with Crippen molar-refractivity contribution in [3.05, 3.63) is 35.9 Å². The van der Waals surface area contributed by atoms with E-state index < -0.39 is 0 Å². The third-order valence-corrected chi connectivity index (χ3v) is 2.90. The molecule has 17 heavy (non-hydrogen) atoms. The molecule has 2 rings (SSSR count). The van der Waals surface area contributed by atoms with E-state index in [4.69, 9.17) is 10.4 Å². The van der Waals surface area contributed by atoms with Gasteiger partial charge in [-0.1, -0.05) is 40.6 Å². The number of Topliss-reactive ketones (excluding diaryl/α,β-unsaturated/α-hetero) is 1. The van der Waals surface area contributed by atoms with Crippen molar-refractivity contribution < 1.29 is 15.2 Å². The number of benzene rings is 1. The van der Waals surface area contributed by atoms with Crippen LogP contribution in [-0.2, 0) is 4.79 Å². The van der Waals surface area contributed by atoms with Crippen LogP contribution in [0, 0.1) is 0 Å². The maximum Gasteiger partial charge on any atom is 0.187 e. The lowest BCUT2D eigenvalue weighted by atomic mass is 9.81. The molecule has 0 heterocycles. The van der Waals surface area contributed by atoms with Gasteiger partial charge in [0, 0.05) is 12.8 Å². The van der Waals surface area contributed by atoms with Crippen molar-refractivity contribution in [1.82, 2.24) is 0 Å². The number of carbonyl (C=O) groups excluding carboxylic acids is 1. The predicted octanol–water partition coefficient (Wildman–Crippen LogP) is 1.79. The molecule has 2 N–H and O–H groups in total. The molecular formula is C12H12N2O3. The summed E-state index contributed by atoms with van der Waals surface area (Å²) in [4.78, 5) is 11.7. The molecule has 0 radical (unpaired) electrons. The number of nitrogens with zero attached hydrogens (tertiary/aromatic N) is 2. The van der Waals surface area contributed by atoms with Gasteiger partial charge in [0.2, 0.25) is 0 Å². The van der Waals surface area contributed by atoms with Gasteiger partial charge in [-0.05, 0) is 11.5 Å². The van der Waals surface area contributed by atoms with Crippen LogP contribution in [-0.4, -0.2) is 27.6 Å². The van der Waals surface area contributed by atoms with Crippen molar-refractivity contribution >= 4 is 17.2 Å². The molecule has 1 fully saturated rings. The Balaban J connectivity index is 2.29. The molecule has 88 valence electrons. The number of carbonyl (C=O) groups is 1.